The van der Waals surface area contributed by atoms with Crippen LogP contribution >= 0.6 is 0 Å². The minimum Gasteiger partial charge on any atom is -0.0802 e. The normalized spacial score (nSPS) is 21.4. The Hall–Kier alpha value is -2.08. The quantitative estimate of drug-likeness (QED) is 0.588. The summed E-state index contributed by atoms with van der Waals surface area (Å²) >= 11 is 0. The largest absolute Gasteiger partial charge is 0.0802 e. The van der Waals surface area contributed by atoms with Crippen molar-refractivity contribution in [1.29, 1.82) is 0 Å². The zero-order valence-electron chi connectivity index (χ0n) is 15.3. The predicted octanol–water partition coefficient (Wildman–Crippen LogP) is 6.70. The molecule has 0 saturated heterocycles. The van der Waals surface area contributed by atoms with E-state index in [-0.39, 0.29) is 0 Å². The Balaban J connectivity index is 2.11. The van der Waals surface area contributed by atoms with Crippen molar-refractivity contribution in [2.45, 2.75) is 40.0 Å². The second kappa shape index (κ2) is 7.21. The third-order valence-corrected chi connectivity index (χ3v) is 5.54. The van der Waals surface area contributed by atoms with Crippen LogP contribution in [0.3, 0.4) is 0 Å². The third-order valence-electron chi connectivity index (χ3n) is 5.54. The lowest BCUT2D eigenvalue weighted by molar-refractivity contribution is 0.389. The first-order chi connectivity index (χ1) is 11.6. The second-order valence-electron chi connectivity index (χ2n) is 7.17. The average molecular weight is 316 g/mol. The predicted molar refractivity (Wildman–Crippen MR) is 105 cm³/mol. The fraction of sp³-hybridized carbons (Fsp3) is 0.333. The van der Waals surface area contributed by atoms with Crippen LogP contribution in [-0.4, -0.2) is 0 Å². The van der Waals surface area contributed by atoms with Crippen LogP contribution in [0.5, 0.6) is 0 Å². The van der Waals surface area contributed by atoms with Crippen molar-refractivity contribution in [1.82, 2.24) is 0 Å². The van der Waals surface area contributed by atoms with E-state index in [1.165, 1.54) is 34.2 Å². The van der Waals surface area contributed by atoms with Crippen LogP contribution in [0.25, 0.3) is 5.57 Å². The SMILES string of the molecule is CCC(C)C1C=CC=C(c2ccc(C)cc2)C1c1ccccc1C. The van der Waals surface area contributed by atoms with Crippen LogP contribution in [0.15, 0.2) is 66.8 Å². The summed E-state index contributed by atoms with van der Waals surface area (Å²) < 4.78 is 0. The number of benzene rings is 2. The minimum atomic E-state index is 0.439. The summed E-state index contributed by atoms with van der Waals surface area (Å²) in [6.07, 6.45) is 8.21. The first kappa shape index (κ1) is 16.8. The lowest BCUT2D eigenvalue weighted by Crippen LogP contribution is -2.22. The van der Waals surface area contributed by atoms with E-state index in [0.29, 0.717) is 17.8 Å². The molecule has 24 heavy (non-hydrogen) atoms. The third kappa shape index (κ3) is 3.24. The molecule has 0 aliphatic heterocycles. The fourth-order valence-corrected chi connectivity index (χ4v) is 3.83. The fourth-order valence-electron chi connectivity index (χ4n) is 3.83. The molecule has 0 amide bonds. The molecule has 0 aromatic heterocycles. The zero-order valence-corrected chi connectivity index (χ0v) is 15.3. The van der Waals surface area contributed by atoms with Gasteiger partial charge in [-0.15, -0.1) is 0 Å². The van der Waals surface area contributed by atoms with Crippen molar-refractivity contribution in [3.63, 3.8) is 0 Å². The Kier molecular flexibility index (Phi) is 5.04. The van der Waals surface area contributed by atoms with E-state index >= 15 is 0 Å². The molecule has 1 aliphatic carbocycles. The van der Waals surface area contributed by atoms with Gasteiger partial charge in [0.05, 0.1) is 0 Å². The van der Waals surface area contributed by atoms with Gasteiger partial charge in [-0.1, -0.05) is 92.6 Å². The van der Waals surface area contributed by atoms with Crippen LogP contribution in [0, 0.1) is 25.7 Å². The highest BCUT2D eigenvalue weighted by Gasteiger charge is 2.31. The summed E-state index contributed by atoms with van der Waals surface area (Å²) in [6.45, 7) is 9.09. The van der Waals surface area contributed by atoms with Gasteiger partial charge in [-0.25, -0.2) is 0 Å². The van der Waals surface area contributed by atoms with Crippen LogP contribution in [-0.2, 0) is 0 Å². The Labute approximate surface area is 146 Å². The van der Waals surface area contributed by atoms with Gasteiger partial charge in [0, 0.05) is 5.92 Å². The number of hydrogen-bond acceptors (Lipinski definition) is 0. The van der Waals surface area contributed by atoms with Crippen LogP contribution < -0.4 is 0 Å². The van der Waals surface area contributed by atoms with Gasteiger partial charge in [0.25, 0.3) is 0 Å². The summed E-state index contributed by atoms with van der Waals surface area (Å²) in [5.74, 6) is 1.66. The van der Waals surface area contributed by atoms with E-state index in [2.05, 4.69) is 94.5 Å². The van der Waals surface area contributed by atoms with E-state index in [4.69, 9.17) is 0 Å². The number of allylic oxidation sites excluding steroid dienone is 4. The molecule has 124 valence electrons. The molecule has 0 fully saturated rings. The Morgan fingerprint density at radius 3 is 2.33 bits per heavy atom. The van der Waals surface area contributed by atoms with Crippen molar-refractivity contribution >= 4 is 5.57 Å². The number of rotatable bonds is 4. The molecule has 0 radical (unpaired) electrons. The maximum Gasteiger partial charge on any atom is 0.0163 e. The maximum atomic E-state index is 2.42. The van der Waals surface area contributed by atoms with E-state index in [1.54, 1.807) is 0 Å². The number of aryl methyl sites for hydroxylation is 2. The van der Waals surface area contributed by atoms with Gasteiger partial charge in [0.1, 0.15) is 0 Å². The maximum absolute atomic E-state index is 2.42. The molecule has 3 rings (SSSR count). The Bertz CT molecular complexity index is 746. The van der Waals surface area contributed by atoms with Crippen molar-refractivity contribution in [2.24, 2.45) is 11.8 Å². The van der Waals surface area contributed by atoms with Crippen molar-refractivity contribution < 1.29 is 0 Å². The first-order valence-electron chi connectivity index (χ1n) is 9.12. The smallest absolute Gasteiger partial charge is 0.0163 e. The summed E-state index contributed by atoms with van der Waals surface area (Å²) in [5, 5.41) is 0. The van der Waals surface area contributed by atoms with Crippen LogP contribution in [0.4, 0.5) is 0 Å². The summed E-state index contributed by atoms with van der Waals surface area (Å²) in [7, 11) is 0. The van der Waals surface area contributed by atoms with Gasteiger partial charge in [0.15, 0.2) is 0 Å². The molecular formula is C24H28. The highest BCUT2D eigenvalue weighted by atomic mass is 14.3. The molecule has 2 aromatic rings. The monoisotopic (exact) mass is 316 g/mol. The standard InChI is InChI=1S/C24H28/c1-5-18(3)21-11-8-12-23(20-15-13-17(2)14-16-20)24(21)22-10-7-6-9-19(22)4/h6-16,18,21,24H,5H2,1-4H3. The molecular weight excluding hydrogens is 288 g/mol. The Morgan fingerprint density at radius 2 is 1.67 bits per heavy atom. The van der Waals surface area contributed by atoms with Crippen molar-refractivity contribution in [2.75, 3.05) is 0 Å². The minimum absolute atomic E-state index is 0.439. The number of hydrogen-bond donors (Lipinski definition) is 0. The molecule has 3 unspecified atom stereocenters. The molecule has 0 saturated carbocycles. The van der Waals surface area contributed by atoms with Crippen molar-refractivity contribution in [3.8, 4) is 0 Å². The van der Waals surface area contributed by atoms with E-state index < -0.39 is 0 Å². The summed E-state index contributed by atoms with van der Waals surface area (Å²) in [4.78, 5) is 0. The molecule has 0 heterocycles. The van der Waals surface area contributed by atoms with Gasteiger partial charge in [-0.3, -0.25) is 0 Å². The van der Waals surface area contributed by atoms with Gasteiger partial charge in [-0.05, 0) is 47.9 Å². The van der Waals surface area contributed by atoms with Crippen LogP contribution in [0.2, 0.25) is 0 Å². The van der Waals surface area contributed by atoms with Gasteiger partial charge < -0.3 is 0 Å². The molecule has 1 aliphatic rings. The average Bonchev–Trinajstić information content (AvgIpc) is 2.61. The molecule has 0 bridgehead atoms. The highest BCUT2D eigenvalue weighted by Crippen LogP contribution is 2.45. The lowest BCUT2D eigenvalue weighted by atomic mass is 9.69. The second-order valence-corrected chi connectivity index (χ2v) is 7.17. The lowest BCUT2D eigenvalue weighted by Gasteiger charge is -2.35. The van der Waals surface area contributed by atoms with Gasteiger partial charge in [0.2, 0.25) is 0 Å². The van der Waals surface area contributed by atoms with Gasteiger partial charge in [-0.2, -0.15) is 0 Å². The van der Waals surface area contributed by atoms with Crippen molar-refractivity contribution in [3.05, 3.63) is 89.0 Å². The topological polar surface area (TPSA) is 0 Å². The first-order valence-corrected chi connectivity index (χ1v) is 9.12. The van der Waals surface area contributed by atoms with E-state index in [0.717, 1.165) is 0 Å². The highest BCUT2D eigenvalue weighted by molar-refractivity contribution is 5.75. The molecule has 0 nitrogen and oxygen atoms in total. The van der Waals surface area contributed by atoms with E-state index in [9.17, 15) is 0 Å². The van der Waals surface area contributed by atoms with E-state index in [1.807, 2.05) is 0 Å². The zero-order chi connectivity index (χ0) is 17.1. The molecule has 0 heteroatoms. The Morgan fingerprint density at radius 1 is 0.958 bits per heavy atom. The van der Waals surface area contributed by atoms with Crippen LogP contribution in [0.1, 0.15) is 48.4 Å². The summed E-state index contributed by atoms with van der Waals surface area (Å²) in [5.41, 5.74) is 6.99. The van der Waals surface area contributed by atoms with Gasteiger partial charge >= 0.3 is 0 Å². The molecule has 2 aromatic carbocycles. The molecule has 3 atom stereocenters. The molecule has 0 spiro atoms. The molecule has 0 N–H and O–H groups in total. The summed E-state index contributed by atoms with van der Waals surface area (Å²) in [6, 6.07) is 17.9.